The first-order valence-electron chi connectivity index (χ1n) is 4.63. The maximum absolute atomic E-state index is 13.7. The summed E-state index contributed by atoms with van der Waals surface area (Å²) in [6.07, 6.45) is 0. The van der Waals surface area contributed by atoms with Crippen molar-refractivity contribution in [1.29, 1.82) is 0 Å². The molecule has 0 spiro atoms. The molecule has 0 amide bonds. The van der Waals surface area contributed by atoms with Crippen LogP contribution in [0.15, 0.2) is 34.8 Å². The molecule has 5 heteroatoms. The molecule has 0 radical (unpaired) electrons. The van der Waals surface area contributed by atoms with Gasteiger partial charge in [0.25, 0.3) is 0 Å². The van der Waals surface area contributed by atoms with Gasteiger partial charge in [0, 0.05) is 11.6 Å². The molecule has 88 valence electrons. The predicted molar refractivity (Wildman–Crippen MR) is 61.1 cm³/mol. The lowest BCUT2D eigenvalue weighted by molar-refractivity contribution is 0.469. The average Bonchev–Trinajstić information content (AvgIpc) is 2.27. The molecule has 0 bridgehead atoms. The highest BCUT2D eigenvalue weighted by molar-refractivity contribution is 9.10. The largest absolute Gasteiger partial charge is 0.508 e. The molecule has 1 N–H and O–H groups in total. The highest BCUT2D eigenvalue weighted by Crippen LogP contribution is 2.33. The van der Waals surface area contributed by atoms with Gasteiger partial charge >= 0.3 is 0 Å². The Balaban J connectivity index is 2.72. The van der Waals surface area contributed by atoms with Gasteiger partial charge in [0.2, 0.25) is 0 Å². The quantitative estimate of drug-likeness (QED) is 0.781. The van der Waals surface area contributed by atoms with Crippen LogP contribution in [0.1, 0.15) is 0 Å². The second-order valence-corrected chi connectivity index (χ2v) is 4.24. The van der Waals surface area contributed by atoms with E-state index in [1.807, 2.05) is 0 Å². The van der Waals surface area contributed by atoms with Gasteiger partial charge in [-0.05, 0) is 40.2 Å². The van der Waals surface area contributed by atoms with Gasteiger partial charge in [-0.3, -0.25) is 0 Å². The second-order valence-electron chi connectivity index (χ2n) is 3.38. The van der Waals surface area contributed by atoms with Gasteiger partial charge in [0.05, 0.1) is 10.0 Å². The maximum Gasteiger partial charge on any atom is 0.148 e. The molecule has 0 saturated carbocycles. The Morgan fingerprint density at radius 1 is 0.941 bits per heavy atom. The lowest BCUT2D eigenvalue weighted by Crippen LogP contribution is -1.94. The maximum atomic E-state index is 13.7. The van der Waals surface area contributed by atoms with E-state index in [2.05, 4.69) is 15.9 Å². The first kappa shape index (κ1) is 12.0. The molecule has 0 aliphatic heterocycles. The topological polar surface area (TPSA) is 20.2 Å². The zero-order valence-electron chi connectivity index (χ0n) is 8.35. The molecule has 0 heterocycles. The average molecular weight is 303 g/mol. The number of phenols is 1. The van der Waals surface area contributed by atoms with E-state index in [1.54, 1.807) is 0 Å². The van der Waals surface area contributed by atoms with Gasteiger partial charge in [-0.1, -0.05) is 0 Å². The molecule has 2 aromatic rings. The van der Waals surface area contributed by atoms with Crippen molar-refractivity contribution in [2.45, 2.75) is 0 Å². The summed E-state index contributed by atoms with van der Waals surface area (Å²) in [5, 5.41) is 9.04. The lowest BCUT2D eigenvalue weighted by atomic mass is 10.0. The number of aromatic hydroxyl groups is 1. The summed E-state index contributed by atoms with van der Waals surface area (Å²) in [5.74, 6) is -2.94. The molecular formula is C12H6BrF3O. The van der Waals surface area contributed by atoms with Crippen LogP contribution >= 0.6 is 15.9 Å². The smallest absolute Gasteiger partial charge is 0.148 e. The van der Waals surface area contributed by atoms with Crippen LogP contribution in [0.5, 0.6) is 5.75 Å². The van der Waals surface area contributed by atoms with E-state index >= 15 is 0 Å². The molecule has 17 heavy (non-hydrogen) atoms. The van der Waals surface area contributed by atoms with Gasteiger partial charge in [-0.2, -0.15) is 0 Å². The Bertz CT molecular complexity index is 584. The number of phenolic OH excluding ortho intramolecular Hbond substituents is 1. The third-order valence-electron chi connectivity index (χ3n) is 2.27. The molecule has 0 atom stereocenters. The third-order valence-corrected chi connectivity index (χ3v) is 2.88. The minimum absolute atomic E-state index is 0.0429. The summed E-state index contributed by atoms with van der Waals surface area (Å²) < 4.78 is 40.8. The van der Waals surface area contributed by atoms with Crippen molar-refractivity contribution in [2.24, 2.45) is 0 Å². The highest BCUT2D eigenvalue weighted by atomic mass is 79.9. The van der Waals surface area contributed by atoms with Gasteiger partial charge in [0.15, 0.2) is 0 Å². The number of rotatable bonds is 1. The molecule has 2 rings (SSSR count). The van der Waals surface area contributed by atoms with E-state index < -0.39 is 23.0 Å². The molecule has 2 aromatic carbocycles. The predicted octanol–water partition coefficient (Wildman–Crippen LogP) is 4.24. The first-order chi connectivity index (χ1) is 8.00. The summed E-state index contributed by atoms with van der Waals surface area (Å²) >= 11 is 2.90. The van der Waals surface area contributed by atoms with Crippen molar-refractivity contribution in [3.63, 3.8) is 0 Å². The highest BCUT2D eigenvalue weighted by Gasteiger charge is 2.17. The Kier molecular flexibility index (Phi) is 3.11. The molecule has 0 unspecified atom stereocenters. The molecule has 0 aliphatic carbocycles. The van der Waals surface area contributed by atoms with Crippen LogP contribution < -0.4 is 0 Å². The number of hydrogen-bond acceptors (Lipinski definition) is 1. The molecular weight excluding hydrogens is 297 g/mol. The number of halogens is 4. The standard InChI is InChI=1S/C12H6BrF3O/c13-8-3-4-9(14)11(12(8)16)7-2-1-6(17)5-10(7)15/h1-5,17H. The normalized spacial score (nSPS) is 10.6. The molecule has 1 nitrogen and oxygen atoms in total. The summed E-state index contributed by atoms with van der Waals surface area (Å²) in [7, 11) is 0. The molecule has 0 fully saturated rings. The van der Waals surface area contributed by atoms with Gasteiger partial charge in [0.1, 0.15) is 23.2 Å². The number of benzene rings is 2. The van der Waals surface area contributed by atoms with E-state index in [-0.39, 0.29) is 15.8 Å². The van der Waals surface area contributed by atoms with Crippen LogP contribution in [0.25, 0.3) is 11.1 Å². The molecule has 0 aliphatic rings. The van der Waals surface area contributed by atoms with Crippen molar-refractivity contribution in [3.05, 3.63) is 52.3 Å². The van der Waals surface area contributed by atoms with Crippen LogP contribution in [0, 0.1) is 17.5 Å². The van der Waals surface area contributed by atoms with E-state index in [0.29, 0.717) is 0 Å². The van der Waals surface area contributed by atoms with Crippen LogP contribution in [-0.2, 0) is 0 Å². The van der Waals surface area contributed by atoms with Crippen molar-refractivity contribution in [2.75, 3.05) is 0 Å². The zero-order valence-corrected chi connectivity index (χ0v) is 9.93. The Labute approximate surface area is 104 Å². The summed E-state index contributed by atoms with van der Waals surface area (Å²) in [6, 6.07) is 5.33. The minimum atomic E-state index is -0.888. The fourth-order valence-electron chi connectivity index (χ4n) is 1.48. The Morgan fingerprint density at radius 2 is 1.65 bits per heavy atom. The van der Waals surface area contributed by atoms with Gasteiger partial charge in [-0.15, -0.1) is 0 Å². The first-order valence-corrected chi connectivity index (χ1v) is 5.42. The summed E-state index contributed by atoms with van der Waals surface area (Å²) in [5.41, 5.74) is -0.698. The zero-order chi connectivity index (χ0) is 12.6. The van der Waals surface area contributed by atoms with E-state index in [0.717, 1.165) is 24.3 Å². The van der Waals surface area contributed by atoms with Crippen molar-refractivity contribution in [3.8, 4) is 16.9 Å². The monoisotopic (exact) mass is 302 g/mol. The molecule has 0 aromatic heterocycles. The fraction of sp³-hybridized carbons (Fsp3) is 0. The van der Waals surface area contributed by atoms with Gasteiger partial charge in [-0.25, -0.2) is 13.2 Å². The van der Waals surface area contributed by atoms with E-state index in [4.69, 9.17) is 5.11 Å². The van der Waals surface area contributed by atoms with Crippen LogP contribution in [0.4, 0.5) is 13.2 Å². The Morgan fingerprint density at radius 3 is 2.29 bits per heavy atom. The Hall–Kier alpha value is -1.49. The minimum Gasteiger partial charge on any atom is -0.508 e. The van der Waals surface area contributed by atoms with Crippen LogP contribution in [0.2, 0.25) is 0 Å². The summed E-state index contributed by atoms with van der Waals surface area (Å²) in [4.78, 5) is 0. The van der Waals surface area contributed by atoms with Crippen LogP contribution in [-0.4, -0.2) is 5.11 Å². The SMILES string of the molecule is Oc1ccc(-c2c(F)ccc(Br)c2F)c(F)c1. The summed E-state index contributed by atoms with van der Waals surface area (Å²) in [6.45, 7) is 0. The van der Waals surface area contributed by atoms with Crippen molar-refractivity contribution in [1.82, 2.24) is 0 Å². The second kappa shape index (κ2) is 4.41. The van der Waals surface area contributed by atoms with Crippen molar-refractivity contribution >= 4 is 15.9 Å². The van der Waals surface area contributed by atoms with E-state index in [9.17, 15) is 13.2 Å². The van der Waals surface area contributed by atoms with Crippen molar-refractivity contribution < 1.29 is 18.3 Å². The fourth-order valence-corrected chi connectivity index (χ4v) is 1.81. The third kappa shape index (κ3) is 2.15. The lowest BCUT2D eigenvalue weighted by Gasteiger charge is -2.08. The van der Waals surface area contributed by atoms with E-state index in [1.165, 1.54) is 6.07 Å². The van der Waals surface area contributed by atoms with Crippen LogP contribution in [0.3, 0.4) is 0 Å². The molecule has 0 saturated heterocycles. The van der Waals surface area contributed by atoms with Gasteiger partial charge < -0.3 is 5.11 Å². The number of hydrogen-bond donors (Lipinski definition) is 1.